The molecule has 33 heavy (non-hydrogen) atoms. The summed E-state index contributed by atoms with van der Waals surface area (Å²) in [7, 11) is -3.62. The van der Waals surface area contributed by atoms with Crippen LogP contribution in [0.3, 0.4) is 0 Å². The second-order valence-electron chi connectivity index (χ2n) is 8.01. The average Bonchev–Trinajstić information content (AvgIpc) is 2.85. The second-order valence-corrected chi connectivity index (χ2v) is 11.2. The summed E-state index contributed by atoms with van der Waals surface area (Å²) in [5.74, 6) is 0.563. The number of nitrogens with one attached hydrogen (secondary N) is 1. The molecule has 1 aromatic heterocycles. The maximum atomic E-state index is 13.3. The molecular weight excluding hydrogens is 460 g/mol. The zero-order chi connectivity index (χ0) is 23.3. The van der Waals surface area contributed by atoms with E-state index >= 15 is 0 Å². The SMILES string of the molecule is CCSc1cc(C(=O)Nc2cc(S(=O)(=O)N3CCCCC3)ccc2N2CCOCC2)ccn1. The van der Waals surface area contributed by atoms with E-state index in [2.05, 4.69) is 15.2 Å². The maximum absolute atomic E-state index is 13.3. The number of nitrogens with zero attached hydrogens (tertiary/aromatic N) is 3. The highest BCUT2D eigenvalue weighted by molar-refractivity contribution is 7.99. The number of morpholine rings is 1. The number of sulfonamides is 1. The van der Waals surface area contributed by atoms with Crippen LogP contribution in [0.25, 0.3) is 0 Å². The predicted molar refractivity (Wildman–Crippen MR) is 131 cm³/mol. The molecule has 2 saturated heterocycles. The second kappa shape index (κ2) is 10.9. The smallest absolute Gasteiger partial charge is 0.255 e. The molecule has 1 amide bonds. The molecule has 0 spiro atoms. The summed E-state index contributed by atoms with van der Waals surface area (Å²) in [4.78, 5) is 19.7. The Morgan fingerprint density at radius 1 is 1.09 bits per heavy atom. The van der Waals surface area contributed by atoms with E-state index in [1.807, 2.05) is 6.92 Å². The Kier molecular flexibility index (Phi) is 7.90. The van der Waals surface area contributed by atoms with Crippen molar-refractivity contribution in [3.8, 4) is 0 Å². The van der Waals surface area contributed by atoms with Crippen LogP contribution in [0.5, 0.6) is 0 Å². The van der Waals surface area contributed by atoms with E-state index in [9.17, 15) is 13.2 Å². The van der Waals surface area contributed by atoms with Crippen LogP contribution in [0.15, 0.2) is 46.5 Å². The van der Waals surface area contributed by atoms with Crippen molar-refractivity contribution in [3.05, 3.63) is 42.1 Å². The molecule has 2 aromatic rings. The summed E-state index contributed by atoms with van der Waals surface area (Å²) in [5.41, 5.74) is 1.76. The number of carbonyl (C=O) groups excluding carboxylic acids is 1. The average molecular weight is 491 g/mol. The first-order valence-electron chi connectivity index (χ1n) is 11.4. The predicted octanol–water partition coefficient (Wildman–Crippen LogP) is 3.46. The molecule has 0 unspecified atom stereocenters. The Bertz CT molecular complexity index is 1080. The summed E-state index contributed by atoms with van der Waals surface area (Å²) < 4.78 is 33.5. The Hall–Kier alpha value is -2.14. The fourth-order valence-corrected chi connectivity index (χ4v) is 6.27. The highest BCUT2D eigenvalue weighted by Gasteiger charge is 2.28. The highest BCUT2D eigenvalue weighted by atomic mass is 32.2. The van der Waals surface area contributed by atoms with Crippen molar-refractivity contribution < 1.29 is 17.9 Å². The Balaban J connectivity index is 1.66. The lowest BCUT2D eigenvalue weighted by Crippen LogP contribution is -2.37. The number of piperidine rings is 1. The molecule has 0 saturated carbocycles. The first-order valence-corrected chi connectivity index (χ1v) is 13.8. The van der Waals surface area contributed by atoms with Crippen LogP contribution in [0.4, 0.5) is 11.4 Å². The summed E-state index contributed by atoms with van der Waals surface area (Å²) in [6.07, 6.45) is 4.41. The summed E-state index contributed by atoms with van der Waals surface area (Å²) in [6.45, 7) is 5.61. The molecule has 2 aliphatic heterocycles. The Morgan fingerprint density at radius 2 is 1.85 bits per heavy atom. The van der Waals surface area contributed by atoms with Crippen molar-refractivity contribution in [1.82, 2.24) is 9.29 Å². The van der Waals surface area contributed by atoms with Gasteiger partial charge in [-0.15, -0.1) is 11.8 Å². The minimum Gasteiger partial charge on any atom is -0.378 e. The van der Waals surface area contributed by atoms with Crippen LogP contribution in [-0.2, 0) is 14.8 Å². The van der Waals surface area contributed by atoms with Gasteiger partial charge in [0.15, 0.2) is 0 Å². The molecule has 8 nitrogen and oxygen atoms in total. The number of hydrogen-bond acceptors (Lipinski definition) is 7. The first kappa shape index (κ1) is 24.0. The number of ether oxygens (including phenoxy) is 1. The van der Waals surface area contributed by atoms with Crippen LogP contribution >= 0.6 is 11.8 Å². The third-order valence-corrected chi connectivity index (χ3v) is 8.51. The third-order valence-electron chi connectivity index (χ3n) is 5.81. The molecule has 178 valence electrons. The Morgan fingerprint density at radius 3 is 2.58 bits per heavy atom. The van der Waals surface area contributed by atoms with Gasteiger partial charge in [-0.25, -0.2) is 13.4 Å². The normalized spacial score (nSPS) is 17.7. The molecule has 2 aliphatic rings. The van der Waals surface area contributed by atoms with Crippen LogP contribution < -0.4 is 10.2 Å². The number of benzene rings is 1. The van der Waals surface area contributed by atoms with Gasteiger partial charge in [-0.2, -0.15) is 4.31 Å². The number of hydrogen-bond donors (Lipinski definition) is 1. The molecule has 3 heterocycles. The van der Waals surface area contributed by atoms with Gasteiger partial charge in [0.25, 0.3) is 5.91 Å². The van der Waals surface area contributed by atoms with E-state index in [0.29, 0.717) is 50.6 Å². The number of carbonyl (C=O) groups is 1. The molecule has 0 radical (unpaired) electrons. The van der Waals surface area contributed by atoms with Gasteiger partial charge >= 0.3 is 0 Å². The molecule has 1 N–H and O–H groups in total. The van der Waals surface area contributed by atoms with Gasteiger partial charge < -0.3 is 15.0 Å². The molecule has 4 rings (SSSR count). The monoisotopic (exact) mass is 490 g/mol. The van der Waals surface area contributed by atoms with Crippen LogP contribution in [0, 0.1) is 0 Å². The Labute approximate surface area is 199 Å². The molecule has 0 atom stereocenters. The van der Waals surface area contributed by atoms with Crippen molar-refractivity contribution in [1.29, 1.82) is 0 Å². The largest absolute Gasteiger partial charge is 0.378 e. The van der Waals surface area contributed by atoms with Gasteiger partial charge in [-0.1, -0.05) is 13.3 Å². The standard InChI is InChI=1S/C23H30N4O4S2/c1-2-32-22-16-18(8-9-24-22)23(28)25-20-17-19(33(29,30)27-10-4-3-5-11-27)6-7-21(20)26-12-14-31-15-13-26/h6-9,16-17H,2-5,10-15H2,1H3,(H,25,28). The number of pyridine rings is 1. The first-order chi connectivity index (χ1) is 16.0. The van der Waals surface area contributed by atoms with Gasteiger partial charge in [-0.05, 0) is 48.9 Å². The number of amides is 1. The zero-order valence-electron chi connectivity index (χ0n) is 18.8. The van der Waals surface area contributed by atoms with E-state index in [4.69, 9.17) is 4.74 Å². The molecular formula is C23H30N4O4S2. The lowest BCUT2D eigenvalue weighted by atomic mass is 10.2. The fourth-order valence-electron chi connectivity index (χ4n) is 4.08. The van der Waals surface area contributed by atoms with Crippen LogP contribution in [0.1, 0.15) is 36.5 Å². The van der Waals surface area contributed by atoms with E-state index in [1.165, 1.54) is 0 Å². The van der Waals surface area contributed by atoms with E-state index in [1.54, 1.807) is 52.6 Å². The molecule has 10 heteroatoms. The number of thioether (sulfide) groups is 1. The summed E-state index contributed by atoms with van der Waals surface area (Å²) in [6, 6.07) is 8.45. The molecule has 0 aliphatic carbocycles. The van der Waals surface area contributed by atoms with Crippen molar-refractivity contribution >= 4 is 39.1 Å². The molecule has 2 fully saturated rings. The maximum Gasteiger partial charge on any atom is 0.255 e. The van der Waals surface area contributed by atoms with Crippen molar-refractivity contribution in [3.63, 3.8) is 0 Å². The van der Waals surface area contributed by atoms with Crippen LogP contribution in [-0.4, -0.2) is 68.8 Å². The lowest BCUT2D eigenvalue weighted by molar-refractivity contribution is 0.102. The minimum atomic E-state index is -3.62. The topological polar surface area (TPSA) is 91.8 Å². The molecule has 0 bridgehead atoms. The van der Waals surface area contributed by atoms with Gasteiger partial charge in [-0.3, -0.25) is 4.79 Å². The molecule has 1 aromatic carbocycles. The van der Waals surface area contributed by atoms with Crippen LogP contribution in [0.2, 0.25) is 0 Å². The fraction of sp³-hybridized carbons (Fsp3) is 0.478. The van der Waals surface area contributed by atoms with E-state index in [-0.39, 0.29) is 10.8 Å². The van der Waals surface area contributed by atoms with E-state index in [0.717, 1.165) is 35.7 Å². The van der Waals surface area contributed by atoms with Crippen molar-refractivity contribution in [2.75, 3.05) is 55.4 Å². The van der Waals surface area contributed by atoms with Crippen molar-refractivity contribution in [2.24, 2.45) is 0 Å². The third kappa shape index (κ3) is 5.68. The number of rotatable bonds is 7. The summed E-state index contributed by atoms with van der Waals surface area (Å²) in [5, 5.41) is 3.75. The van der Waals surface area contributed by atoms with Gasteiger partial charge in [0.05, 0.1) is 34.5 Å². The van der Waals surface area contributed by atoms with E-state index < -0.39 is 10.0 Å². The van der Waals surface area contributed by atoms with Gasteiger partial charge in [0.2, 0.25) is 10.0 Å². The number of anilines is 2. The van der Waals surface area contributed by atoms with Crippen molar-refractivity contribution in [2.45, 2.75) is 36.1 Å². The minimum absolute atomic E-state index is 0.202. The van der Waals surface area contributed by atoms with Gasteiger partial charge in [0.1, 0.15) is 0 Å². The lowest BCUT2D eigenvalue weighted by Gasteiger charge is -2.31. The highest BCUT2D eigenvalue weighted by Crippen LogP contribution is 2.32. The van der Waals surface area contributed by atoms with Gasteiger partial charge in [0, 0.05) is 37.9 Å². The zero-order valence-corrected chi connectivity index (χ0v) is 20.5. The summed E-state index contributed by atoms with van der Waals surface area (Å²) >= 11 is 1.56. The quantitative estimate of drug-likeness (QED) is 0.594. The number of aromatic nitrogens is 1.